The lowest BCUT2D eigenvalue weighted by atomic mass is 10.0. The van der Waals surface area contributed by atoms with Crippen LogP contribution < -0.4 is 46.3 Å². The van der Waals surface area contributed by atoms with Gasteiger partial charge in [0.15, 0.2) is 13.2 Å². The molecule has 55 heavy (non-hydrogen) atoms. The molecule has 0 aliphatic carbocycles. The molecule has 0 saturated carbocycles. The number of imide groups is 2. The van der Waals surface area contributed by atoms with Gasteiger partial charge in [0.05, 0.1) is 29.4 Å². The van der Waals surface area contributed by atoms with Gasteiger partial charge in [-0.25, -0.2) is 19.1 Å². The lowest BCUT2D eigenvalue weighted by Crippen LogP contribution is -2.54. The van der Waals surface area contributed by atoms with Gasteiger partial charge in [-0.3, -0.25) is 39.3 Å². The number of rotatable bonds is 10. The van der Waals surface area contributed by atoms with Gasteiger partial charge < -0.3 is 24.8 Å². The van der Waals surface area contributed by atoms with Crippen molar-refractivity contribution in [3.63, 3.8) is 0 Å². The van der Waals surface area contributed by atoms with E-state index in [-0.39, 0.29) is 54.0 Å². The molecule has 3 aliphatic heterocycles. The molecule has 5 heterocycles. The van der Waals surface area contributed by atoms with E-state index >= 15 is 0 Å². The van der Waals surface area contributed by atoms with Crippen molar-refractivity contribution < 1.29 is 38.2 Å². The lowest BCUT2D eigenvalue weighted by Gasteiger charge is -2.27. The lowest BCUT2D eigenvalue weighted by molar-refractivity contribution is -0.123. The summed E-state index contributed by atoms with van der Waals surface area (Å²) in [7, 11) is 0. The van der Waals surface area contributed by atoms with Crippen LogP contribution in [0, 0.1) is 0 Å². The quantitative estimate of drug-likeness (QED) is 0.0800. The number of nitrogens with zero attached hydrogens (tertiary/aromatic N) is 3. The van der Waals surface area contributed by atoms with E-state index in [9.17, 15) is 33.6 Å². The van der Waals surface area contributed by atoms with E-state index in [2.05, 4.69) is 25.9 Å². The molecule has 7 rings (SSSR count). The summed E-state index contributed by atoms with van der Waals surface area (Å²) in [6.07, 6.45) is 10.1. The van der Waals surface area contributed by atoms with Gasteiger partial charge in [0, 0.05) is 12.4 Å². The number of hydrogen-bond donors (Lipinski definition) is 4. The van der Waals surface area contributed by atoms with Crippen molar-refractivity contribution in [1.82, 2.24) is 19.9 Å². The number of barbiturate groups is 1. The van der Waals surface area contributed by atoms with Crippen LogP contribution in [0.5, 0.6) is 17.4 Å². The summed E-state index contributed by atoms with van der Waals surface area (Å²) in [6.45, 7) is 1.80. The number of benzene rings is 2. The molecule has 0 atom stereocenters. The highest BCUT2D eigenvalue weighted by molar-refractivity contribution is 6.37. The Morgan fingerprint density at radius 3 is 2.18 bits per heavy atom. The first-order valence-electron chi connectivity index (χ1n) is 17.0. The van der Waals surface area contributed by atoms with Crippen LogP contribution in [0.15, 0.2) is 94.3 Å². The van der Waals surface area contributed by atoms with E-state index in [1.54, 1.807) is 12.1 Å². The van der Waals surface area contributed by atoms with Gasteiger partial charge in [-0.2, -0.15) is 0 Å². The predicted octanol–water partition coefficient (Wildman–Crippen LogP) is 3.07. The molecule has 4 aromatic rings. The van der Waals surface area contributed by atoms with Gasteiger partial charge in [-0.15, -0.1) is 0 Å². The average molecular weight is 746 g/mol. The maximum absolute atomic E-state index is 14.1. The number of carbonyl (C=O) groups excluding carboxylic acids is 5. The third-order valence-corrected chi connectivity index (χ3v) is 8.53. The summed E-state index contributed by atoms with van der Waals surface area (Å²) in [6, 6.07) is 11.1. The number of urea groups is 1. The Hall–Kier alpha value is -7.56. The molecule has 0 bridgehead atoms. The van der Waals surface area contributed by atoms with Crippen LogP contribution >= 0.6 is 0 Å². The minimum atomic E-state index is -0.993. The summed E-state index contributed by atoms with van der Waals surface area (Å²) >= 11 is 0. The molecule has 0 radical (unpaired) electrons. The number of H-pyrrole nitrogens is 1. The molecule has 2 aromatic heterocycles. The second-order valence-corrected chi connectivity index (χ2v) is 12.2. The Morgan fingerprint density at radius 1 is 0.855 bits per heavy atom. The zero-order valence-corrected chi connectivity index (χ0v) is 29.0. The molecule has 4 N–H and O–H groups in total. The molecule has 2 aromatic carbocycles. The maximum atomic E-state index is 14.1. The van der Waals surface area contributed by atoms with Crippen molar-refractivity contribution in [2.45, 2.75) is 19.8 Å². The van der Waals surface area contributed by atoms with Crippen LogP contribution in [0.4, 0.5) is 21.9 Å². The highest BCUT2D eigenvalue weighted by Crippen LogP contribution is 2.34. The fraction of sp³-hybridized carbons (Fsp3) is 0.158. The number of fused-ring (bicyclic) bond motifs is 2. The van der Waals surface area contributed by atoms with E-state index in [1.807, 2.05) is 6.92 Å². The fourth-order valence-corrected chi connectivity index (χ4v) is 5.81. The highest BCUT2D eigenvalue weighted by atomic mass is 16.5. The number of pyridine rings is 1. The number of carbonyl (C=O) groups is 5. The number of anilines is 3. The van der Waals surface area contributed by atoms with Crippen LogP contribution in [-0.2, 0) is 19.2 Å². The van der Waals surface area contributed by atoms with E-state index in [0.717, 1.165) is 15.9 Å². The van der Waals surface area contributed by atoms with Gasteiger partial charge in [-0.05, 0) is 78.2 Å². The molecule has 17 heteroatoms. The summed E-state index contributed by atoms with van der Waals surface area (Å²) in [4.78, 5) is 98.4. The van der Waals surface area contributed by atoms with Gasteiger partial charge >= 0.3 is 11.7 Å². The van der Waals surface area contributed by atoms with Gasteiger partial charge in [0.1, 0.15) is 22.6 Å². The van der Waals surface area contributed by atoms with Crippen molar-refractivity contribution in [3.8, 4) is 23.1 Å². The second-order valence-electron chi connectivity index (χ2n) is 12.2. The standard InChI is InChI=1S/C38H31N7O10/c1-2-3-16-53-34-26(36(50)45(38(52)43-34)24-7-11-30-28(18-24)41-32(47)20-55-30)9-5-21(22-12-14-39-15-13-22)4-8-25-33(48)42-37(51)44(35(25)49)23-6-10-29-27(17-23)40-31(46)19-54-29/h4-15,17-18H,2-3,16,19-20H2,1H3,(H,40,46)(H,41,47)(H,43,52)(H,42,48,51). The first kappa shape index (κ1) is 35.8. The van der Waals surface area contributed by atoms with Crippen LogP contribution in [0.2, 0.25) is 0 Å². The predicted molar refractivity (Wildman–Crippen MR) is 198 cm³/mol. The van der Waals surface area contributed by atoms with Crippen LogP contribution in [0.25, 0.3) is 17.3 Å². The van der Waals surface area contributed by atoms with Crippen molar-refractivity contribution in [1.29, 1.82) is 0 Å². The van der Waals surface area contributed by atoms with Crippen LogP contribution in [0.1, 0.15) is 30.9 Å². The average Bonchev–Trinajstić information content (AvgIpc) is 3.16. The number of amides is 6. The minimum Gasteiger partial charge on any atom is -0.482 e. The number of unbranched alkanes of at least 4 members (excludes halogenated alkanes) is 1. The van der Waals surface area contributed by atoms with Crippen molar-refractivity contribution in [2.75, 3.05) is 35.4 Å². The monoisotopic (exact) mass is 745 g/mol. The van der Waals surface area contributed by atoms with E-state index in [4.69, 9.17) is 14.2 Å². The molecule has 6 amide bonds. The number of ether oxygens (including phenoxy) is 3. The van der Waals surface area contributed by atoms with Crippen molar-refractivity contribution >= 4 is 58.4 Å². The Kier molecular flexibility index (Phi) is 9.90. The Morgan fingerprint density at radius 2 is 1.51 bits per heavy atom. The van der Waals surface area contributed by atoms with Gasteiger partial charge in [0.2, 0.25) is 5.88 Å². The third-order valence-electron chi connectivity index (χ3n) is 8.53. The zero-order valence-electron chi connectivity index (χ0n) is 29.0. The summed E-state index contributed by atoms with van der Waals surface area (Å²) in [5.41, 5.74) is -0.266. The topological polar surface area (TPSA) is 220 Å². The van der Waals surface area contributed by atoms with Gasteiger partial charge in [-0.1, -0.05) is 25.5 Å². The van der Waals surface area contributed by atoms with E-state index in [1.165, 1.54) is 73.1 Å². The van der Waals surface area contributed by atoms with Crippen molar-refractivity contribution in [2.24, 2.45) is 0 Å². The molecule has 17 nitrogen and oxygen atoms in total. The zero-order chi connectivity index (χ0) is 38.6. The fourth-order valence-electron chi connectivity index (χ4n) is 5.81. The maximum Gasteiger partial charge on any atom is 0.335 e. The van der Waals surface area contributed by atoms with Crippen LogP contribution in [-0.4, -0.2) is 64.0 Å². The van der Waals surface area contributed by atoms with E-state index < -0.39 is 46.5 Å². The summed E-state index contributed by atoms with van der Waals surface area (Å²) in [5.74, 6) is -2.06. The molecule has 1 saturated heterocycles. The Balaban J connectivity index is 1.28. The molecule has 0 spiro atoms. The first-order chi connectivity index (χ1) is 26.6. The second kappa shape index (κ2) is 15.2. The highest BCUT2D eigenvalue weighted by Gasteiger charge is 2.37. The summed E-state index contributed by atoms with van der Waals surface area (Å²) < 4.78 is 17.5. The number of allylic oxidation sites excluding steroid dienone is 4. The Bertz CT molecular complexity index is 2480. The third kappa shape index (κ3) is 7.39. The minimum absolute atomic E-state index is 0.0342. The number of nitrogens with one attached hydrogen (secondary N) is 4. The number of hydrogen-bond acceptors (Lipinski definition) is 11. The molecule has 0 unspecified atom stereocenters. The van der Waals surface area contributed by atoms with Crippen molar-refractivity contribution in [3.05, 3.63) is 117 Å². The molecule has 1 fully saturated rings. The molecular weight excluding hydrogens is 714 g/mol. The smallest absolute Gasteiger partial charge is 0.335 e. The summed E-state index contributed by atoms with van der Waals surface area (Å²) in [5, 5.41) is 7.44. The normalized spacial score (nSPS) is 16.2. The Labute approximate surface area is 310 Å². The van der Waals surface area contributed by atoms with E-state index in [0.29, 0.717) is 29.1 Å². The largest absolute Gasteiger partial charge is 0.482 e. The van der Waals surface area contributed by atoms with Gasteiger partial charge in [0.25, 0.3) is 29.2 Å². The number of aromatic nitrogens is 3. The molecular formula is C38H31N7O10. The SMILES string of the molecule is CCCCOc1[nH]c(=O)n(-c2ccc3c(c2)NC(=O)CO3)c(=O)c1C=CC(=CC=C1C(=O)NC(=O)N(c2ccc3c(c2)NC(=O)CO3)C1=O)c1ccncc1. The first-order valence-corrected chi connectivity index (χ1v) is 17.0. The van der Waals surface area contributed by atoms with Crippen LogP contribution in [0.3, 0.4) is 0 Å². The number of aromatic amines is 1. The molecule has 278 valence electrons. The molecule has 3 aliphatic rings.